The number of ether oxygens (including phenoxy) is 2. The molecule has 106 valence electrons. The summed E-state index contributed by atoms with van der Waals surface area (Å²) < 4.78 is 10.2. The van der Waals surface area contributed by atoms with Gasteiger partial charge in [0, 0.05) is 24.9 Å². The zero-order chi connectivity index (χ0) is 14.4. The normalized spacial score (nSPS) is 11.8. The summed E-state index contributed by atoms with van der Waals surface area (Å²) in [6, 6.07) is 3.08. The molecule has 1 aromatic carbocycles. The summed E-state index contributed by atoms with van der Waals surface area (Å²) in [6.45, 7) is 2.23. The van der Waals surface area contributed by atoms with Gasteiger partial charge >= 0.3 is 0 Å². The number of hydrogen-bond donors (Lipinski definition) is 3. The summed E-state index contributed by atoms with van der Waals surface area (Å²) >= 11 is 0. The Morgan fingerprint density at radius 1 is 1.37 bits per heavy atom. The van der Waals surface area contributed by atoms with Crippen molar-refractivity contribution in [2.45, 2.75) is 6.92 Å². The number of carbonyl (C=O) groups is 1. The lowest BCUT2D eigenvalue weighted by atomic mass is 10.1. The molecule has 0 bridgehead atoms. The summed E-state index contributed by atoms with van der Waals surface area (Å²) in [4.78, 5) is 12.0. The van der Waals surface area contributed by atoms with Crippen molar-refractivity contribution in [3.63, 3.8) is 0 Å². The highest BCUT2D eigenvalue weighted by Gasteiger charge is 2.15. The van der Waals surface area contributed by atoms with E-state index in [-0.39, 0.29) is 18.4 Å². The van der Waals surface area contributed by atoms with Crippen molar-refractivity contribution in [1.82, 2.24) is 5.32 Å². The average molecular weight is 268 g/mol. The largest absolute Gasteiger partial charge is 0.493 e. The molecule has 0 aliphatic rings. The molecule has 19 heavy (non-hydrogen) atoms. The monoisotopic (exact) mass is 268 g/mol. The topological polar surface area (TPSA) is 93.8 Å². The van der Waals surface area contributed by atoms with Gasteiger partial charge in [0.2, 0.25) is 0 Å². The third-order valence-electron chi connectivity index (χ3n) is 2.72. The number of carbonyl (C=O) groups excluding carboxylic acids is 1. The van der Waals surface area contributed by atoms with E-state index >= 15 is 0 Å². The Morgan fingerprint density at radius 2 is 1.95 bits per heavy atom. The van der Waals surface area contributed by atoms with Crippen molar-refractivity contribution in [2.75, 3.05) is 33.1 Å². The molecule has 1 unspecified atom stereocenters. The van der Waals surface area contributed by atoms with Gasteiger partial charge in [0.15, 0.2) is 11.5 Å². The van der Waals surface area contributed by atoms with Crippen molar-refractivity contribution < 1.29 is 19.4 Å². The first kappa shape index (κ1) is 15.1. The molecule has 0 aromatic heterocycles. The fourth-order valence-electron chi connectivity index (χ4n) is 1.52. The first-order chi connectivity index (χ1) is 9.03. The first-order valence-electron chi connectivity index (χ1n) is 5.94. The van der Waals surface area contributed by atoms with E-state index in [2.05, 4.69) is 5.32 Å². The van der Waals surface area contributed by atoms with Gasteiger partial charge in [-0.3, -0.25) is 4.79 Å². The zero-order valence-corrected chi connectivity index (χ0v) is 11.4. The van der Waals surface area contributed by atoms with Crippen LogP contribution in [0.15, 0.2) is 12.1 Å². The molecule has 1 atom stereocenters. The minimum absolute atomic E-state index is 0.00896. The third kappa shape index (κ3) is 3.75. The number of aliphatic hydroxyl groups excluding tert-OH is 1. The number of nitrogens with two attached hydrogens (primary N) is 1. The SMILES string of the molecule is COc1cc(N)c(C(=O)NCC(C)CO)cc1OC. The summed E-state index contributed by atoms with van der Waals surface area (Å²) in [6.07, 6.45) is 0. The number of nitrogen functional groups attached to an aromatic ring is 1. The Kier molecular flexibility index (Phi) is 5.44. The van der Waals surface area contributed by atoms with Crippen LogP contribution < -0.4 is 20.5 Å². The maximum atomic E-state index is 12.0. The number of nitrogens with one attached hydrogen (secondary N) is 1. The molecular formula is C13H20N2O4. The quantitative estimate of drug-likeness (QED) is 0.658. The van der Waals surface area contributed by atoms with E-state index in [4.69, 9.17) is 20.3 Å². The van der Waals surface area contributed by atoms with Gasteiger partial charge in [-0.25, -0.2) is 0 Å². The number of benzene rings is 1. The summed E-state index contributed by atoms with van der Waals surface area (Å²) in [7, 11) is 2.99. The number of anilines is 1. The van der Waals surface area contributed by atoms with Crippen molar-refractivity contribution in [2.24, 2.45) is 5.92 Å². The van der Waals surface area contributed by atoms with Gasteiger partial charge in [0.25, 0.3) is 5.91 Å². The highest BCUT2D eigenvalue weighted by molar-refractivity contribution is 6.00. The lowest BCUT2D eigenvalue weighted by molar-refractivity contribution is 0.0943. The maximum Gasteiger partial charge on any atom is 0.253 e. The van der Waals surface area contributed by atoms with Gasteiger partial charge in [-0.15, -0.1) is 0 Å². The van der Waals surface area contributed by atoms with Crippen molar-refractivity contribution in [3.8, 4) is 11.5 Å². The van der Waals surface area contributed by atoms with Crippen LogP contribution in [-0.2, 0) is 0 Å². The molecule has 1 amide bonds. The number of methoxy groups -OCH3 is 2. The van der Waals surface area contributed by atoms with Crippen molar-refractivity contribution >= 4 is 11.6 Å². The van der Waals surface area contributed by atoms with Crippen molar-refractivity contribution in [1.29, 1.82) is 0 Å². The Labute approximate surface area is 112 Å². The second-order valence-electron chi connectivity index (χ2n) is 4.29. The maximum absolute atomic E-state index is 12.0. The average Bonchev–Trinajstić information content (AvgIpc) is 2.43. The van der Waals surface area contributed by atoms with Crippen LogP contribution in [0.3, 0.4) is 0 Å². The van der Waals surface area contributed by atoms with Crippen LogP contribution >= 0.6 is 0 Å². The van der Waals surface area contributed by atoms with Gasteiger partial charge in [-0.05, 0) is 12.0 Å². The van der Waals surface area contributed by atoms with Crippen LogP contribution in [0.5, 0.6) is 11.5 Å². The van der Waals surface area contributed by atoms with Gasteiger partial charge in [-0.1, -0.05) is 6.92 Å². The van der Waals surface area contributed by atoms with Gasteiger partial charge in [0.1, 0.15) is 0 Å². The van der Waals surface area contributed by atoms with E-state index in [0.29, 0.717) is 29.3 Å². The molecule has 0 radical (unpaired) electrons. The van der Waals surface area contributed by atoms with E-state index in [1.165, 1.54) is 20.3 Å². The zero-order valence-electron chi connectivity index (χ0n) is 11.4. The molecule has 0 fully saturated rings. The number of aliphatic hydroxyl groups is 1. The minimum atomic E-state index is -0.307. The molecule has 0 aliphatic heterocycles. The molecule has 0 aliphatic carbocycles. The van der Waals surface area contributed by atoms with Crippen LogP contribution in [0.25, 0.3) is 0 Å². The Morgan fingerprint density at radius 3 is 2.47 bits per heavy atom. The number of amides is 1. The summed E-state index contributed by atoms with van der Waals surface area (Å²) in [5.74, 6) is 0.599. The van der Waals surface area contributed by atoms with Crippen LogP contribution in [0.1, 0.15) is 17.3 Å². The predicted octanol–water partition coefficient (Wildman–Crippen LogP) is 0.644. The smallest absolute Gasteiger partial charge is 0.253 e. The molecule has 0 heterocycles. The lowest BCUT2D eigenvalue weighted by Gasteiger charge is -2.14. The summed E-state index contributed by atoms with van der Waals surface area (Å²) in [5.41, 5.74) is 6.45. The van der Waals surface area contributed by atoms with Crippen LogP contribution in [0.4, 0.5) is 5.69 Å². The molecule has 4 N–H and O–H groups in total. The van der Waals surface area contributed by atoms with Crippen LogP contribution in [0, 0.1) is 5.92 Å². The summed E-state index contributed by atoms with van der Waals surface area (Å²) in [5, 5.41) is 11.6. The predicted molar refractivity (Wildman–Crippen MR) is 72.5 cm³/mol. The molecule has 0 spiro atoms. The number of hydrogen-bond acceptors (Lipinski definition) is 5. The van der Waals surface area contributed by atoms with Gasteiger partial charge in [0.05, 0.1) is 19.8 Å². The Hall–Kier alpha value is -1.95. The third-order valence-corrected chi connectivity index (χ3v) is 2.72. The van der Waals surface area contributed by atoms with E-state index < -0.39 is 0 Å². The second kappa shape index (κ2) is 6.84. The molecule has 1 aromatic rings. The molecular weight excluding hydrogens is 248 g/mol. The highest BCUT2D eigenvalue weighted by Crippen LogP contribution is 2.31. The minimum Gasteiger partial charge on any atom is -0.493 e. The standard InChI is InChI=1S/C13H20N2O4/c1-8(7-16)6-15-13(17)9-4-11(18-2)12(19-3)5-10(9)14/h4-5,8,16H,6-7,14H2,1-3H3,(H,15,17). The molecule has 6 nitrogen and oxygen atoms in total. The van der Waals surface area contributed by atoms with Crippen LogP contribution in [-0.4, -0.2) is 38.4 Å². The Balaban J connectivity index is 2.90. The Bertz CT molecular complexity index is 449. The molecule has 0 saturated heterocycles. The first-order valence-corrected chi connectivity index (χ1v) is 5.94. The second-order valence-corrected chi connectivity index (χ2v) is 4.29. The lowest BCUT2D eigenvalue weighted by Crippen LogP contribution is -2.30. The van der Waals surface area contributed by atoms with Gasteiger partial charge in [-0.2, -0.15) is 0 Å². The molecule has 0 saturated carbocycles. The van der Waals surface area contributed by atoms with E-state index in [1.807, 2.05) is 6.92 Å². The van der Waals surface area contributed by atoms with Crippen molar-refractivity contribution in [3.05, 3.63) is 17.7 Å². The van der Waals surface area contributed by atoms with E-state index in [1.54, 1.807) is 6.07 Å². The molecule has 6 heteroatoms. The van der Waals surface area contributed by atoms with Gasteiger partial charge < -0.3 is 25.6 Å². The number of rotatable bonds is 6. The highest BCUT2D eigenvalue weighted by atomic mass is 16.5. The molecule has 1 rings (SSSR count). The fourth-order valence-corrected chi connectivity index (χ4v) is 1.52. The van der Waals surface area contributed by atoms with Crippen LogP contribution in [0.2, 0.25) is 0 Å². The van der Waals surface area contributed by atoms with E-state index in [9.17, 15) is 4.79 Å². The fraction of sp³-hybridized carbons (Fsp3) is 0.462. The van der Waals surface area contributed by atoms with E-state index in [0.717, 1.165) is 0 Å².